The molecule has 0 amide bonds. The number of halogens is 2. The third kappa shape index (κ3) is 4.29. The lowest BCUT2D eigenvalue weighted by molar-refractivity contribution is 0.177. The Labute approximate surface area is 140 Å². The van der Waals surface area contributed by atoms with Crippen LogP contribution in [0.1, 0.15) is 5.56 Å². The molecule has 0 radical (unpaired) electrons. The van der Waals surface area contributed by atoms with Crippen molar-refractivity contribution in [1.82, 2.24) is 4.31 Å². The summed E-state index contributed by atoms with van der Waals surface area (Å²) in [6.07, 6.45) is 0. The predicted octanol–water partition coefficient (Wildman–Crippen LogP) is 3.32. The van der Waals surface area contributed by atoms with Gasteiger partial charge in [0, 0.05) is 25.2 Å². The molecular weight excluding hydrogens is 341 g/mol. The summed E-state index contributed by atoms with van der Waals surface area (Å²) in [5.41, 5.74) is 0.644. The maximum absolute atomic E-state index is 13.9. The highest BCUT2D eigenvalue weighted by atomic mass is 35.5. The number of hydrogen-bond donors (Lipinski definition) is 0. The lowest BCUT2D eigenvalue weighted by atomic mass is 10.2. The van der Waals surface area contributed by atoms with Crippen LogP contribution in [0.15, 0.2) is 53.4 Å². The number of rotatable bonds is 7. The largest absolute Gasteiger partial charge is 0.383 e. The Balaban J connectivity index is 2.38. The molecule has 124 valence electrons. The summed E-state index contributed by atoms with van der Waals surface area (Å²) in [4.78, 5) is -0.358. The zero-order chi connectivity index (χ0) is 16.9. The van der Waals surface area contributed by atoms with Gasteiger partial charge in [0.2, 0.25) is 10.0 Å². The molecule has 0 atom stereocenters. The smallest absolute Gasteiger partial charge is 0.246 e. The third-order valence-corrected chi connectivity index (χ3v) is 5.55. The molecule has 0 aliphatic heterocycles. The van der Waals surface area contributed by atoms with Gasteiger partial charge in [0.05, 0.1) is 6.61 Å². The SMILES string of the molecule is COCCN(Cc1ccccc1Cl)S(=O)(=O)c1ccccc1F. The van der Waals surface area contributed by atoms with Crippen molar-refractivity contribution < 1.29 is 17.5 Å². The van der Waals surface area contributed by atoms with E-state index in [1.165, 1.54) is 25.3 Å². The number of hydrogen-bond acceptors (Lipinski definition) is 3. The second-order valence-electron chi connectivity index (χ2n) is 4.85. The fourth-order valence-electron chi connectivity index (χ4n) is 2.09. The van der Waals surface area contributed by atoms with E-state index in [4.69, 9.17) is 16.3 Å². The Kier molecular flexibility index (Phi) is 6.12. The van der Waals surface area contributed by atoms with Crippen molar-refractivity contribution in [2.45, 2.75) is 11.4 Å². The van der Waals surface area contributed by atoms with Crippen molar-refractivity contribution in [1.29, 1.82) is 0 Å². The van der Waals surface area contributed by atoms with Gasteiger partial charge in [-0.25, -0.2) is 12.8 Å². The molecule has 0 aliphatic rings. The molecule has 2 aromatic rings. The highest BCUT2D eigenvalue weighted by Crippen LogP contribution is 2.23. The molecule has 0 aliphatic carbocycles. The second-order valence-corrected chi connectivity index (χ2v) is 7.17. The van der Waals surface area contributed by atoms with Gasteiger partial charge in [-0.05, 0) is 23.8 Å². The quantitative estimate of drug-likeness (QED) is 0.763. The molecule has 0 bridgehead atoms. The number of ether oxygens (including phenoxy) is 1. The number of nitrogens with zero attached hydrogens (tertiary/aromatic N) is 1. The highest BCUT2D eigenvalue weighted by molar-refractivity contribution is 7.89. The van der Waals surface area contributed by atoms with Crippen LogP contribution in [0.4, 0.5) is 4.39 Å². The van der Waals surface area contributed by atoms with Crippen molar-refractivity contribution in [3.63, 3.8) is 0 Å². The standard InChI is InChI=1S/C16H17ClFNO3S/c1-22-11-10-19(12-13-6-2-3-7-14(13)17)23(20,21)16-9-5-4-8-15(16)18/h2-9H,10-12H2,1H3. The van der Waals surface area contributed by atoms with Crippen LogP contribution in [0.2, 0.25) is 5.02 Å². The van der Waals surface area contributed by atoms with Crippen molar-refractivity contribution in [3.05, 3.63) is 64.9 Å². The number of sulfonamides is 1. The Bertz CT molecular complexity index is 767. The first-order chi connectivity index (χ1) is 11.0. The summed E-state index contributed by atoms with van der Waals surface area (Å²) in [5, 5.41) is 0.457. The van der Waals surface area contributed by atoms with Gasteiger partial charge < -0.3 is 4.74 Å². The lowest BCUT2D eigenvalue weighted by Crippen LogP contribution is -2.34. The highest BCUT2D eigenvalue weighted by Gasteiger charge is 2.27. The van der Waals surface area contributed by atoms with Gasteiger partial charge >= 0.3 is 0 Å². The summed E-state index contributed by atoms with van der Waals surface area (Å²) in [6, 6.07) is 12.2. The zero-order valence-electron chi connectivity index (χ0n) is 12.6. The van der Waals surface area contributed by atoms with E-state index in [2.05, 4.69) is 0 Å². The van der Waals surface area contributed by atoms with Gasteiger partial charge in [-0.1, -0.05) is 41.9 Å². The van der Waals surface area contributed by atoms with Crippen LogP contribution >= 0.6 is 11.6 Å². The average molecular weight is 358 g/mol. The molecule has 0 saturated carbocycles. The molecule has 0 fully saturated rings. The Morgan fingerprint density at radius 1 is 1.13 bits per heavy atom. The molecule has 2 aromatic carbocycles. The summed E-state index contributed by atoms with van der Waals surface area (Å²) in [6.45, 7) is 0.330. The Morgan fingerprint density at radius 2 is 1.78 bits per heavy atom. The van der Waals surface area contributed by atoms with Gasteiger partial charge in [0.15, 0.2) is 0 Å². The van der Waals surface area contributed by atoms with E-state index in [-0.39, 0.29) is 24.6 Å². The van der Waals surface area contributed by atoms with Crippen LogP contribution in [-0.2, 0) is 21.3 Å². The van der Waals surface area contributed by atoms with E-state index in [1.54, 1.807) is 24.3 Å². The van der Waals surface area contributed by atoms with E-state index < -0.39 is 15.8 Å². The van der Waals surface area contributed by atoms with E-state index in [1.807, 2.05) is 0 Å². The van der Waals surface area contributed by atoms with E-state index in [9.17, 15) is 12.8 Å². The van der Waals surface area contributed by atoms with E-state index in [0.29, 0.717) is 10.6 Å². The van der Waals surface area contributed by atoms with Crippen molar-refractivity contribution in [2.24, 2.45) is 0 Å². The molecule has 7 heteroatoms. The molecule has 4 nitrogen and oxygen atoms in total. The minimum absolute atomic E-state index is 0.0414. The molecule has 0 unspecified atom stereocenters. The molecule has 2 rings (SSSR count). The molecule has 0 spiro atoms. The van der Waals surface area contributed by atoms with Crippen LogP contribution in [-0.4, -0.2) is 33.0 Å². The normalized spacial score (nSPS) is 11.8. The summed E-state index contributed by atoms with van der Waals surface area (Å²) in [5.74, 6) is -0.783. The minimum Gasteiger partial charge on any atom is -0.383 e. The second kappa shape index (κ2) is 7.88. The number of methoxy groups -OCH3 is 1. The first-order valence-corrected chi connectivity index (χ1v) is 8.75. The van der Waals surface area contributed by atoms with E-state index in [0.717, 1.165) is 10.4 Å². The summed E-state index contributed by atoms with van der Waals surface area (Å²) < 4.78 is 45.6. The predicted molar refractivity (Wildman–Crippen MR) is 87.3 cm³/mol. The summed E-state index contributed by atoms with van der Waals surface area (Å²) >= 11 is 6.10. The van der Waals surface area contributed by atoms with Crippen LogP contribution in [0.25, 0.3) is 0 Å². The number of benzene rings is 2. The lowest BCUT2D eigenvalue weighted by Gasteiger charge is -2.22. The van der Waals surface area contributed by atoms with Crippen LogP contribution in [0, 0.1) is 5.82 Å². The Hall–Kier alpha value is -1.47. The van der Waals surface area contributed by atoms with Crippen molar-refractivity contribution in [2.75, 3.05) is 20.3 Å². The monoisotopic (exact) mass is 357 g/mol. The van der Waals surface area contributed by atoms with Crippen molar-refractivity contribution in [3.8, 4) is 0 Å². The zero-order valence-corrected chi connectivity index (χ0v) is 14.1. The fourth-order valence-corrected chi connectivity index (χ4v) is 3.75. The van der Waals surface area contributed by atoms with Crippen LogP contribution < -0.4 is 0 Å². The molecule has 0 heterocycles. The van der Waals surface area contributed by atoms with Gasteiger partial charge in [0.25, 0.3) is 0 Å². The molecule has 23 heavy (non-hydrogen) atoms. The minimum atomic E-state index is -4.00. The molecule has 0 N–H and O–H groups in total. The van der Waals surface area contributed by atoms with Crippen LogP contribution in [0.3, 0.4) is 0 Å². The summed E-state index contributed by atoms with van der Waals surface area (Å²) in [7, 11) is -2.52. The van der Waals surface area contributed by atoms with Gasteiger partial charge in [0.1, 0.15) is 10.7 Å². The topological polar surface area (TPSA) is 46.6 Å². The van der Waals surface area contributed by atoms with E-state index >= 15 is 0 Å². The van der Waals surface area contributed by atoms with Crippen molar-refractivity contribution >= 4 is 21.6 Å². The first-order valence-electron chi connectivity index (χ1n) is 6.94. The average Bonchev–Trinajstić information content (AvgIpc) is 2.53. The maximum atomic E-state index is 13.9. The molecule has 0 saturated heterocycles. The van der Waals surface area contributed by atoms with Gasteiger partial charge in [-0.3, -0.25) is 0 Å². The van der Waals surface area contributed by atoms with Gasteiger partial charge in [-0.2, -0.15) is 4.31 Å². The first kappa shape index (κ1) is 17.9. The van der Waals surface area contributed by atoms with Crippen LogP contribution in [0.5, 0.6) is 0 Å². The maximum Gasteiger partial charge on any atom is 0.246 e. The molecular formula is C16H17ClFNO3S. The Morgan fingerprint density at radius 3 is 2.43 bits per heavy atom. The third-order valence-electron chi connectivity index (χ3n) is 3.30. The molecule has 0 aromatic heterocycles. The fraction of sp³-hybridized carbons (Fsp3) is 0.250. The van der Waals surface area contributed by atoms with Gasteiger partial charge in [-0.15, -0.1) is 0 Å².